The molecule has 1 aliphatic heterocycles. The highest BCUT2D eigenvalue weighted by molar-refractivity contribution is 5.94. The maximum Gasteiger partial charge on any atom is 0.241 e. The zero-order chi connectivity index (χ0) is 12.1. The van der Waals surface area contributed by atoms with E-state index in [4.69, 9.17) is 5.11 Å². The number of rotatable bonds is 2. The highest BCUT2D eigenvalue weighted by Crippen LogP contribution is 2.15. The van der Waals surface area contributed by atoms with E-state index in [1.165, 1.54) is 6.42 Å². The van der Waals surface area contributed by atoms with Gasteiger partial charge in [-0.25, -0.2) is 0 Å². The van der Waals surface area contributed by atoms with E-state index < -0.39 is 0 Å². The van der Waals surface area contributed by atoms with Crippen LogP contribution in [0.4, 0.5) is 5.69 Å². The van der Waals surface area contributed by atoms with Crippen LogP contribution in [0.2, 0.25) is 0 Å². The Morgan fingerprint density at radius 2 is 2.00 bits per heavy atom. The lowest BCUT2D eigenvalue weighted by Gasteiger charge is -2.15. The minimum atomic E-state index is -0.0914. The first-order chi connectivity index (χ1) is 8.25. The van der Waals surface area contributed by atoms with Crippen molar-refractivity contribution in [2.45, 2.75) is 31.7 Å². The van der Waals surface area contributed by atoms with Crippen molar-refractivity contribution < 1.29 is 9.90 Å². The number of phenolic OH excluding ortho intramolecular Hbond substituents is 1. The maximum atomic E-state index is 12.0. The van der Waals surface area contributed by atoms with Crippen LogP contribution < -0.4 is 10.6 Å². The van der Waals surface area contributed by atoms with Crippen LogP contribution in [-0.4, -0.2) is 23.6 Å². The van der Waals surface area contributed by atoms with Crippen LogP contribution in [0.5, 0.6) is 5.75 Å². The molecule has 0 aromatic heterocycles. The zero-order valence-corrected chi connectivity index (χ0v) is 9.78. The second-order valence-corrected chi connectivity index (χ2v) is 4.39. The third kappa shape index (κ3) is 3.46. The van der Waals surface area contributed by atoms with Gasteiger partial charge in [-0.1, -0.05) is 12.8 Å². The van der Waals surface area contributed by atoms with Crippen molar-refractivity contribution in [1.82, 2.24) is 5.32 Å². The summed E-state index contributed by atoms with van der Waals surface area (Å²) in [5.41, 5.74) is 0.721. The molecular formula is C13H18N2O2. The highest BCUT2D eigenvalue weighted by Gasteiger charge is 2.19. The molecule has 0 aliphatic carbocycles. The van der Waals surface area contributed by atoms with Gasteiger partial charge in [0.15, 0.2) is 0 Å². The molecule has 92 valence electrons. The predicted octanol–water partition coefficient (Wildman–Crippen LogP) is 1.86. The van der Waals surface area contributed by atoms with E-state index >= 15 is 0 Å². The number of nitrogens with one attached hydrogen (secondary N) is 2. The van der Waals surface area contributed by atoms with E-state index in [2.05, 4.69) is 10.6 Å². The fourth-order valence-electron chi connectivity index (χ4n) is 2.03. The Morgan fingerprint density at radius 1 is 1.24 bits per heavy atom. The smallest absolute Gasteiger partial charge is 0.241 e. The molecule has 0 saturated carbocycles. The molecule has 4 nitrogen and oxygen atoms in total. The van der Waals surface area contributed by atoms with Crippen molar-refractivity contribution in [3.8, 4) is 5.75 Å². The predicted molar refractivity (Wildman–Crippen MR) is 67.0 cm³/mol. The summed E-state index contributed by atoms with van der Waals surface area (Å²) in [7, 11) is 0. The average molecular weight is 234 g/mol. The molecule has 1 aliphatic rings. The third-order valence-corrected chi connectivity index (χ3v) is 3.01. The van der Waals surface area contributed by atoms with Gasteiger partial charge in [-0.05, 0) is 43.7 Å². The van der Waals surface area contributed by atoms with E-state index in [0.29, 0.717) is 0 Å². The first-order valence-electron chi connectivity index (χ1n) is 6.09. The summed E-state index contributed by atoms with van der Waals surface area (Å²) in [6.45, 7) is 0.910. The number of phenols is 1. The average Bonchev–Trinajstić information content (AvgIpc) is 2.61. The van der Waals surface area contributed by atoms with Gasteiger partial charge in [0, 0.05) is 5.69 Å². The second kappa shape index (κ2) is 5.68. The summed E-state index contributed by atoms with van der Waals surface area (Å²) in [6.07, 6.45) is 4.32. The Kier molecular flexibility index (Phi) is 3.98. The normalized spacial score (nSPS) is 20.6. The molecule has 0 bridgehead atoms. The molecule has 0 radical (unpaired) electrons. The molecule has 3 N–H and O–H groups in total. The maximum absolute atomic E-state index is 12.0. The molecule has 1 fully saturated rings. The summed E-state index contributed by atoms with van der Waals surface area (Å²) < 4.78 is 0. The van der Waals surface area contributed by atoms with Gasteiger partial charge in [0.05, 0.1) is 6.04 Å². The Balaban J connectivity index is 1.93. The van der Waals surface area contributed by atoms with Crippen LogP contribution in [0.3, 0.4) is 0 Å². The summed E-state index contributed by atoms with van der Waals surface area (Å²) in [5.74, 6) is 0.216. The number of aromatic hydroxyl groups is 1. The van der Waals surface area contributed by atoms with Crippen LogP contribution in [0, 0.1) is 0 Å². The Bertz CT molecular complexity index is 368. The van der Waals surface area contributed by atoms with Gasteiger partial charge in [-0.3, -0.25) is 4.79 Å². The monoisotopic (exact) mass is 234 g/mol. The minimum absolute atomic E-state index is 0.0117. The van der Waals surface area contributed by atoms with Gasteiger partial charge in [0.2, 0.25) is 5.91 Å². The lowest BCUT2D eigenvalue weighted by atomic mass is 10.1. The van der Waals surface area contributed by atoms with Crippen LogP contribution in [0.25, 0.3) is 0 Å². The quantitative estimate of drug-likeness (QED) is 0.684. The summed E-state index contributed by atoms with van der Waals surface area (Å²) in [4.78, 5) is 12.0. The minimum Gasteiger partial charge on any atom is -0.508 e. The first-order valence-corrected chi connectivity index (χ1v) is 6.09. The second-order valence-electron chi connectivity index (χ2n) is 4.39. The molecule has 4 heteroatoms. The molecule has 2 rings (SSSR count). The molecule has 1 saturated heterocycles. The SMILES string of the molecule is O=C(Nc1ccc(O)cc1)[C@@H]1CCCCCN1. The van der Waals surface area contributed by atoms with Crippen LogP contribution in [0.1, 0.15) is 25.7 Å². The standard InChI is InChI=1S/C13H18N2O2/c16-11-7-5-10(6-8-11)15-13(17)12-4-2-1-3-9-14-12/h5-8,12,14,16H,1-4,9H2,(H,15,17)/t12-/m0/s1. The topological polar surface area (TPSA) is 61.4 Å². The number of hydrogen-bond acceptors (Lipinski definition) is 3. The van der Waals surface area contributed by atoms with Gasteiger partial charge in [-0.2, -0.15) is 0 Å². The van der Waals surface area contributed by atoms with Gasteiger partial charge in [0.25, 0.3) is 0 Å². The van der Waals surface area contributed by atoms with E-state index in [1.54, 1.807) is 24.3 Å². The fourth-order valence-corrected chi connectivity index (χ4v) is 2.03. The molecular weight excluding hydrogens is 216 g/mol. The van der Waals surface area contributed by atoms with Crippen LogP contribution in [-0.2, 0) is 4.79 Å². The summed E-state index contributed by atoms with van der Waals surface area (Å²) >= 11 is 0. The Morgan fingerprint density at radius 3 is 2.76 bits per heavy atom. The molecule has 1 aromatic carbocycles. The van der Waals surface area contributed by atoms with E-state index in [1.807, 2.05) is 0 Å². The van der Waals surface area contributed by atoms with Crippen molar-refractivity contribution in [2.75, 3.05) is 11.9 Å². The third-order valence-electron chi connectivity index (χ3n) is 3.01. The number of benzene rings is 1. The van der Waals surface area contributed by atoms with Gasteiger partial charge in [-0.15, -0.1) is 0 Å². The van der Waals surface area contributed by atoms with Crippen LogP contribution >= 0.6 is 0 Å². The fraction of sp³-hybridized carbons (Fsp3) is 0.462. The van der Waals surface area contributed by atoms with Gasteiger partial charge in [0.1, 0.15) is 5.75 Å². The Labute approximate surface area is 101 Å². The number of carbonyl (C=O) groups is 1. The van der Waals surface area contributed by atoms with Crippen molar-refractivity contribution >= 4 is 11.6 Å². The molecule has 1 amide bonds. The van der Waals surface area contributed by atoms with Crippen molar-refractivity contribution in [1.29, 1.82) is 0 Å². The molecule has 1 aromatic rings. The lowest BCUT2D eigenvalue weighted by Crippen LogP contribution is -2.39. The highest BCUT2D eigenvalue weighted by atomic mass is 16.3. The van der Waals surface area contributed by atoms with Gasteiger partial charge < -0.3 is 15.7 Å². The number of anilines is 1. The number of amides is 1. The van der Waals surface area contributed by atoms with Crippen LogP contribution in [0.15, 0.2) is 24.3 Å². The lowest BCUT2D eigenvalue weighted by molar-refractivity contribution is -0.118. The van der Waals surface area contributed by atoms with Gasteiger partial charge >= 0.3 is 0 Å². The largest absolute Gasteiger partial charge is 0.508 e. The Hall–Kier alpha value is -1.55. The summed E-state index contributed by atoms with van der Waals surface area (Å²) in [6, 6.07) is 6.44. The van der Waals surface area contributed by atoms with E-state index in [0.717, 1.165) is 31.5 Å². The molecule has 1 atom stereocenters. The molecule has 17 heavy (non-hydrogen) atoms. The molecule has 0 unspecified atom stereocenters. The van der Waals surface area contributed by atoms with Crippen molar-refractivity contribution in [3.05, 3.63) is 24.3 Å². The number of hydrogen-bond donors (Lipinski definition) is 3. The molecule has 0 spiro atoms. The first kappa shape index (κ1) is 11.9. The molecule has 1 heterocycles. The van der Waals surface area contributed by atoms with E-state index in [9.17, 15) is 4.79 Å². The zero-order valence-electron chi connectivity index (χ0n) is 9.78. The number of carbonyl (C=O) groups excluding carboxylic acids is 1. The van der Waals surface area contributed by atoms with Crippen molar-refractivity contribution in [3.63, 3.8) is 0 Å². The van der Waals surface area contributed by atoms with E-state index in [-0.39, 0.29) is 17.7 Å². The van der Waals surface area contributed by atoms with Crippen molar-refractivity contribution in [2.24, 2.45) is 0 Å². The summed E-state index contributed by atoms with van der Waals surface area (Å²) in [5, 5.41) is 15.3.